The number of hydrogen-bond donors (Lipinski definition) is 1. The number of thiophene rings is 1. The van der Waals surface area contributed by atoms with Gasteiger partial charge in [-0.05, 0) is 36.4 Å². The van der Waals surface area contributed by atoms with Crippen molar-refractivity contribution in [2.24, 2.45) is 0 Å². The van der Waals surface area contributed by atoms with Crippen molar-refractivity contribution in [2.75, 3.05) is 6.54 Å². The van der Waals surface area contributed by atoms with Crippen LogP contribution in [0.1, 0.15) is 37.7 Å². The highest BCUT2D eigenvalue weighted by atomic mass is 35.5. The Kier molecular flexibility index (Phi) is 3.47. The van der Waals surface area contributed by atoms with Crippen molar-refractivity contribution in [2.45, 2.75) is 38.1 Å². The number of halogens is 1. The average Bonchev–Trinajstić information content (AvgIpc) is 2.74. The average molecular weight is 230 g/mol. The number of rotatable bonds is 3. The van der Waals surface area contributed by atoms with Crippen molar-refractivity contribution in [1.29, 1.82) is 0 Å². The van der Waals surface area contributed by atoms with Gasteiger partial charge in [0.1, 0.15) is 0 Å². The molecule has 0 aliphatic heterocycles. The van der Waals surface area contributed by atoms with Crippen molar-refractivity contribution in [1.82, 2.24) is 5.32 Å². The van der Waals surface area contributed by atoms with Crippen LogP contribution in [0.3, 0.4) is 0 Å². The normalized spacial score (nSPS) is 27.0. The molecule has 0 amide bonds. The fourth-order valence-corrected chi connectivity index (χ4v) is 3.46. The number of likely N-dealkylation sites (N-methyl/N-ethyl adjacent to an activating group) is 1. The zero-order valence-electron chi connectivity index (χ0n) is 8.42. The maximum atomic E-state index is 6.18. The lowest BCUT2D eigenvalue weighted by atomic mass is 9.97. The highest BCUT2D eigenvalue weighted by Gasteiger charge is 2.29. The van der Waals surface area contributed by atoms with E-state index >= 15 is 0 Å². The molecule has 1 heterocycles. The lowest BCUT2D eigenvalue weighted by Crippen LogP contribution is -2.30. The maximum Gasteiger partial charge on any atom is 0.0963 e. The first-order valence-corrected chi connectivity index (χ1v) is 6.55. The fourth-order valence-electron chi connectivity index (χ4n) is 2.41. The Morgan fingerprint density at radius 2 is 2.43 bits per heavy atom. The Hall–Kier alpha value is -0.0500. The van der Waals surface area contributed by atoms with E-state index < -0.39 is 0 Å². The third kappa shape index (κ3) is 1.97. The molecule has 1 N–H and O–H groups in total. The highest BCUT2D eigenvalue weighted by Crippen LogP contribution is 2.39. The van der Waals surface area contributed by atoms with Crippen LogP contribution in [-0.2, 0) is 0 Å². The number of nitrogens with one attached hydrogen (secondary N) is 1. The molecule has 0 aromatic carbocycles. The van der Waals surface area contributed by atoms with E-state index in [1.54, 1.807) is 11.3 Å². The van der Waals surface area contributed by atoms with E-state index in [0.29, 0.717) is 12.0 Å². The zero-order valence-corrected chi connectivity index (χ0v) is 10.00. The van der Waals surface area contributed by atoms with Gasteiger partial charge >= 0.3 is 0 Å². The van der Waals surface area contributed by atoms with E-state index in [4.69, 9.17) is 11.6 Å². The minimum Gasteiger partial charge on any atom is -0.314 e. The lowest BCUT2D eigenvalue weighted by molar-refractivity contribution is 0.493. The second kappa shape index (κ2) is 4.65. The Labute approximate surface area is 94.5 Å². The first kappa shape index (κ1) is 10.5. The van der Waals surface area contributed by atoms with Crippen LogP contribution in [0.4, 0.5) is 0 Å². The summed E-state index contributed by atoms with van der Waals surface area (Å²) in [6, 6.07) is 2.83. The monoisotopic (exact) mass is 229 g/mol. The Bertz CT molecular complexity index is 297. The molecule has 1 aromatic heterocycles. The molecule has 2 atom stereocenters. The molecule has 0 bridgehead atoms. The van der Waals surface area contributed by atoms with Crippen LogP contribution in [0.2, 0.25) is 4.34 Å². The van der Waals surface area contributed by atoms with Crippen molar-refractivity contribution in [3.63, 3.8) is 0 Å². The molecule has 1 aliphatic carbocycles. The molecular formula is C11H16ClNS. The SMILES string of the molecule is CCNC1CCCC1c1ccsc1Cl. The van der Waals surface area contributed by atoms with Gasteiger partial charge in [0, 0.05) is 12.0 Å². The van der Waals surface area contributed by atoms with E-state index in [-0.39, 0.29) is 0 Å². The number of hydrogen-bond acceptors (Lipinski definition) is 2. The van der Waals surface area contributed by atoms with Gasteiger partial charge in [-0.2, -0.15) is 0 Å². The van der Waals surface area contributed by atoms with Gasteiger partial charge in [0.15, 0.2) is 0 Å². The first-order valence-electron chi connectivity index (χ1n) is 5.29. The zero-order chi connectivity index (χ0) is 9.97. The van der Waals surface area contributed by atoms with Crippen LogP contribution in [0.5, 0.6) is 0 Å². The summed E-state index contributed by atoms with van der Waals surface area (Å²) in [5.74, 6) is 0.647. The van der Waals surface area contributed by atoms with Gasteiger partial charge in [-0.25, -0.2) is 0 Å². The summed E-state index contributed by atoms with van der Waals surface area (Å²) in [4.78, 5) is 0. The summed E-state index contributed by atoms with van der Waals surface area (Å²) in [6.45, 7) is 3.23. The van der Waals surface area contributed by atoms with Gasteiger partial charge in [-0.15, -0.1) is 11.3 Å². The highest BCUT2D eigenvalue weighted by molar-refractivity contribution is 7.14. The van der Waals surface area contributed by atoms with Gasteiger partial charge < -0.3 is 5.32 Å². The van der Waals surface area contributed by atoms with Crippen LogP contribution in [-0.4, -0.2) is 12.6 Å². The standard InChI is InChI=1S/C11H16ClNS/c1-2-13-10-5-3-4-8(10)9-6-7-14-11(9)12/h6-8,10,13H,2-5H2,1H3. The smallest absolute Gasteiger partial charge is 0.0963 e. The third-order valence-electron chi connectivity index (χ3n) is 3.03. The predicted molar refractivity (Wildman–Crippen MR) is 63.4 cm³/mol. The van der Waals surface area contributed by atoms with E-state index in [1.165, 1.54) is 24.8 Å². The quantitative estimate of drug-likeness (QED) is 0.835. The summed E-state index contributed by atoms with van der Waals surface area (Å²) in [6.07, 6.45) is 3.91. The minimum absolute atomic E-state index is 0.645. The fraction of sp³-hybridized carbons (Fsp3) is 0.636. The Morgan fingerprint density at radius 1 is 1.57 bits per heavy atom. The van der Waals surface area contributed by atoms with Crippen LogP contribution in [0.15, 0.2) is 11.4 Å². The molecule has 78 valence electrons. The molecule has 2 rings (SSSR count). The Morgan fingerprint density at radius 3 is 3.07 bits per heavy atom. The molecule has 1 nitrogen and oxygen atoms in total. The van der Waals surface area contributed by atoms with Crippen LogP contribution in [0.25, 0.3) is 0 Å². The summed E-state index contributed by atoms with van der Waals surface area (Å²) in [5, 5.41) is 5.65. The van der Waals surface area contributed by atoms with Gasteiger partial charge in [0.2, 0.25) is 0 Å². The van der Waals surface area contributed by atoms with Gasteiger partial charge in [0.05, 0.1) is 4.34 Å². The van der Waals surface area contributed by atoms with Gasteiger partial charge in [-0.1, -0.05) is 24.9 Å². The van der Waals surface area contributed by atoms with E-state index in [9.17, 15) is 0 Å². The lowest BCUT2D eigenvalue weighted by Gasteiger charge is -2.19. The molecule has 0 spiro atoms. The maximum absolute atomic E-state index is 6.18. The first-order chi connectivity index (χ1) is 6.83. The largest absolute Gasteiger partial charge is 0.314 e. The summed E-state index contributed by atoms with van der Waals surface area (Å²) in [5.41, 5.74) is 1.36. The van der Waals surface area contributed by atoms with Crippen molar-refractivity contribution < 1.29 is 0 Å². The summed E-state index contributed by atoms with van der Waals surface area (Å²) < 4.78 is 0.986. The summed E-state index contributed by atoms with van der Waals surface area (Å²) in [7, 11) is 0. The van der Waals surface area contributed by atoms with Crippen molar-refractivity contribution >= 4 is 22.9 Å². The van der Waals surface area contributed by atoms with Gasteiger partial charge in [0.25, 0.3) is 0 Å². The molecular weight excluding hydrogens is 214 g/mol. The minimum atomic E-state index is 0.645. The second-order valence-electron chi connectivity index (χ2n) is 3.85. The Balaban J connectivity index is 2.13. The van der Waals surface area contributed by atoms with Crippen LogP contribution >= 0.6 is 22.9 Å². The van der Waals surface area contributed by atoms with Crippen LogP contribution < -0.4 is 5.32 Å². The molecule has 1 saturated carbocycles. The molecule has 14 heavy (non-hydrogen) atoms. The molecule has 3 heteroatoms. The third-order valence-corrected chi connectivity index (χ3v) is 4.23. The van der Waals surface area contributed by atoms with Crippen molar-refractivity contribution in [3.05, 3.63) is 21.3 Å². The van der Waals surface area contributed by atoms with Crippen LogP contribution in [0, 0.1) is 0 Å². The van der Waals surface area contributed by atoms with Gasteiger partial charge in [-0.3, -0.25) is 0 Å². The molecule has 1 aromatic rings. The molecule has 1 fully saturated rings. The van der Waals surface area contributed by atoms with E-state index in [1.807, 2.05) is 0 Å². The molecule has 2 unspecified atom stereocenters. The topological polar surface area (TPSA) is 12.0 Å². The van der Waals surface area contributed by atoms with E-state index in [2.05, 4.69) is 23.7 Å². The molecule has 0 radical (unpaired) electrons. The van der Waals surface area contributed by atoms with E-state index in [0.717, 1.165) is 10.9 Å². The second-order valence-corrected chi connectivity index (χ2v) is 5.37. The molecule has 1 aliphatic rings. The predicted octanol–water partition coefficient (Wildman–Crippen LogP) is 3.65. The summed E-state index contributed by atoms with van der Waals surface area (Å²) >= 11 is 7.83. The molecule has 0 saturated heterocycles. The van der Waals surface area contributed by atoms with Crippen molar-refractivity contribution in [3.8, 4) is 0 Å².